The Morgan fingerprint density at radius 2 is 2.11 bits per heavy atom. The number of amides is 1. The van der Waals surface area contributed by atoms with E-state index in [0.29, 0.717) is 12.4 Å². The van der Waals surface area contributed by atoms with E-state index in [0.717, 1.165) is 46.3 Å². The Bertz CT molecular complexity index is 957. The summed E-state index contributed by atoms with van der Waals surface area (Å²) in [5.41, 5.74) is 2.70. The Kier molecular flexibility index (Phi) is 5.29. The number of thiazole rings is 1. The van der Waals surface area contributed by atoms with E-state index >= 15 is 0 Å². The molecule has 1 fully saturated rings. The number of pyridine rings is 1. The van der Waals surface area contributed by atoms with Crippen molar-refractivity contribution in [3.63, 3.8) is 0 Å². The molecule has 1 amide bonds. The molecule has 3 aromatic heterocycles. The molecule has 4 heterocycles. The molecule has 28 heavy (non-hydrogen) atoms. The van der Waals surface area contributed by atoms with Gasteiger partial charge in [0.1, 0.15) is 10.7 Å². The summed E-state index contributed by atoms with van der Waals surface area (Å²) in [6.07, 6.45) is 8.77. The van der Waals surface area contributed by atoms with E-state index in [2.05, 4.69) is 25.3 Å². The maximum Gasteiger partial charge on any atom is 0.265 e. The van der Waals surface area contributed by atoms with Crippen LogP contribution in [0.4, 0.5) is 11.5 Å². The molecule has 3 aromatic rings. The number of hydrogen-bond donors (Lipinski definition) is 1. The number of carbonyl (C=O) groups excluding carboxylic acids is 1. The zero-order chi connectivity index (χ0) is 19.5. The first-order chi connectivity index (χ1) is 13.6. The van der Waals surface area contributed by atoms with E-state index in [9.17, 15) is 4.79 Å². The van der Waals surface area contributed by atoms with Crippen molar-refractivity contribution in [3.8, 4) is 0 Å². The number of aromatic nitrogens is 4. The van der Waals surface area contributed by atoms with E-state index in [4.69, 9.17) is 0 Å². The molecule has 1 aliphatic rings. The molecule has 0 saturated carbocycles. The zero-order valence-corrected chi connectivity index (χ0v) is 16.7. The van der Waals surface area contributed by atoms with Gasteiger partial charge in [-0.05, 0) is 38.8 Å². The van der Waals surface area contributed by atoms with Crippen LogP contribution in [0, 0.1) is 13.8 Å². The number of hydrogen-bond acceptors (Lipinski definition) is 7. The maximum atomic E-state index is 12.9. The normalized spacial score (nSPS) is 16.8. The van der Waals surface area contributed by atoms with E-state index in [-0.39, 0.29) is 11.8 Å². The molecule has 4 rings (SSSR count). The minimum absolute atomic E-state index is 0.0914. The second-order valence-electron chi connectivity index (χ2n) is 6.93. The fourth-order valence-corrected chi connectivity index (χ4v) is 4.40. The average Bonchev–Trinajstić information content (AvgIpc) is 3.07. The van der Waals surface area contributed by atoms with Crippen molar-refractivity contribution in [1.29, 1.82) is 0 Å². The van der Waals surface area contributed by atoms with Gasteiger partial charge >= 0.3 is 0 Å². The van der Waals surface area contributed by atoms with Crippen LogP contribution in [0.1, 0.15) is 44.8 Å². The zero-order valence-electron chi connectivity index (χ0n) is 15.9. The Morgan fingerprint density at radius 1 is 1.21 bits per heavy atom. The van der Waals surface area contributed by atoms with Gasteiger partial charge in [0, 0.05) is 37.1 Å². The smallest absolute Gasteiger partial charge is 0.265 e. The second-order valence-corrected chi connectivity index (χ2v) is 8.13. The summed E-state index contributed by atoms with van der Waals surface area (Å²) in [6, 6.07) is 4.02. The predicted molar refractivity (Wildman–Crippen MR) is 109 cm³/mol. The van der Waals surface area contributed by atoms with Gasteiger partial charge in [-0.1, -0.05) is 0 Å². The Hall–Kier alpha value is -2.87. The fourth-order valence-electron chi connectivity index (χ4n) is 3.51. The molecule has 7 nitrogen and oxygen atoms in total. The van der Waals surface area contributed by atoms with Gasteiger partial charge in [0.05, 0.1) is 28.8 Å². The Balaban J connectivity index is 1.44. The predicted octanol–water partition coefficient (Wildman–Crippen LogP) is 3.71. The lowest BCUT2D eigenvalue weighted by molar-refractivity contribution is 0.0710. The first kappa shape index (κ1) is 18.5. The second kappa shape index (κ2) is 8.02. The topological polar surface area (TPSA) is 83.9 Å². The van der Waals surface area contributed by atoms with Crippen molar-refractivity contribution in [1.82, 2.24) is 24.8 Å². The van der Waals surface area contributed by atoms with Gasteiger partial charge in [0.25, 0.3) is 5.91 Å². The number of likely N-dealkylation sites (tertiary alicyclic amines) is 1. The molecule has 0 radical (unpaired) electrons. The summed E-state index contributed by atoms with van der Waals surface area (Å²) in [4.78, 5) is 32.9. The van der Waals surface area contributed by atoms with Crippen molar-refractivity contribution in [3.05, 3.63) is 58.2 Å². The Labute approximate surface area is 167 Å². The lowest BCUT2D eigenvalue weighted by Crippen LogP contribution is -2.39. The third kappa shape index (κ3) is 4.01. The highest BCUT2D eigenvalue weighted by molar-refractivity contribution is 7.13. The quantitative estimate of drug-likeness (QED) is 0.726. The molecule has 1 aliphatic heterocycles. The van der Waals surface area contributed by atoms with Crippen LogP contribution in [0.5, 0.6) is 0 Å². The van der Waals surface area contributed by atoms with Gasteiger partial charge in [0.2, 0.25) is 0 Å². The van der Waals surface area contributed by atoms with E-state index in [1.54, 1.807) is 18.6 Å². The summed E-state index contributed by atoms with van der Waals surface area (Å²) >= 11 is 1.48. The summed E-state index contributed by atoms with van der Waals surface area (Å²) in [5.74, 6) is 1.02. The van der Waals surface area contributed by atoms with E-state index < -0.39 is 0 Å². The summed E-state index contributed by atoms with van der Waals surface area (Å²) in [5, 5.41) is 4.12. The van der Waals surface area contributed by atoms with Crippen molar-refractivity contribution in [2.24, 2.45) is 0 Å². The molecule has 8 heteroatoms. The number of nitrogens with zero attached hydrogens (tertiary/aromatic N) is 5. The summed E-state index contributed by atoms with van der Waals surface area (Å²) in [6.45, 7) is 5.33. The Morgan fingerprint density at radius 3 is 2.79 bits per heavy atom. The largest absolute Gasteiger partial charge is 0.338 e. The summed E-state index contributed by atoms with van der Waals surface area (Å²) in [7, 11) is 0. The van der Waals surface area contributed by atoms with Gasteiger partial charge in [-0.25, -0.2) is 9.97 Å². The van der Waals surface area contributed by atoms with Gasteiger partial charge in [0.15, 0.2) is 0 Å². The van der Waals surface area contributed by atoms with Crippen LogP contribution < -0.4 is 5.32 Å². The van der Waals surface area contributed by atoms with Crippen LogP contribution in [0.15, 0.2) is 36.9 Å². The minimum atomic E-state index is 0.0914. The number of anilines is 2. The van der Waals surface area contributed by atoms with Gasteiger partial charge in [-0.15, -0.1) is 11.3 Å². The number of rotatable bonds is 4. The molecule has 0 bridgehead atoms. The van der Waals surface area contributed by atoms with Crippen LogP contribution in [0.25, 0.3) is 0 Å². The van der Waals surface area contributed by atoms with Gasteiger partial charge in [-0.2, -0.15) is 0 Å². The highest BCUT2D eigenvalue weighted by Gasteiger charge is 2.28. The highest BCUT2D eigenvalue weighted by atomic mass is 32.1. The van der Waals surface area contributed by atoms with Crippen molar-refractivity contribution < 1.29 is 4.79 Å². The number of piperidine rings is 1. The molecular formula is C20H22N6OS. The molecule has 1 atom stereocenters. The lowest BCUT2D eigenvalue weighted by atomic mass is 9.94. The van der Waals surface area contributed by atoms with E-state index in [1.807, 2.05) is 37.1 Å². The van der Waals surface area contributed by atoms with Crippen LogP contribution in [0.3, 0.4) is 0 Å². The number of carbonyl (C=O) groups is 1. The van der Waals surface area contributed by atoms with E-state index in [1.165, 1.54) is 11.3 Å². The average molecular weight is 395 g/mol. The fraction of sp³-hybridized carbons (Fsp3) is 0.350. The highest BCUT2D eigenvalue weighted by Crippen LogP contribution is 2.29. The molecule has 0 aliphatic carbocycles. The lowest BCUT2D eigenvalue weighted by Gasteiger charge is -2.32. The first-order valence-corrected chi connectivity index (χ1v) is 10.1. The molecular weight excluding hydrogens is 372 g/mol. The summed E-state index contributed by atoms with van der Waals surface area (Å²) < 4.78 is 0. The van der Waals surface area contributed by atoms with Gasteiger partial charge in [-0.3, -0.25) is 14.8 Å². The number of aryl methyl sites for hydroxylation is 2. The minimum Gasteiger partial charge on any atom is -0.338 e. The molecule has 0 aromatic carbocycles. The molecule has 1 N–H and O–H groups in total. The SMILES string of the molecule is Cc1nc(C)c(C(=O)N2CCCC(c3ccc(Nc4cnccn4)cn3)C2)s1. The molecule has 144 valence electrons. The van der Waals surface area contributed by atoms with Crippen LogP contribution in [-0.4, -0.2) is 43.8 Å². The first-order valence-electron chi connectivity index (χ1n) is 9.32. The monoisotopic (exact) mass is 394 g/mol. The third-order valence-electron chi connectivity index (χ3n) is 4.85. The van der Waals surface area contributed by atoms with Gasteiger partial charge < -0.3 is 10.2 Å². The molecule has 1 unspecified atom stereocenters. The van der Waals surface area contributed by atoms with Crippen molar-refractivity contribution in [2.75, 3.05) is 18.4 Å². The van der Waals surface area contributed by atoms with Crippen molar-refractivity contribution in [2.45, 2.75) is 32.6 Å². The maximum absolute atomic E-state index is 12.9. The standard InChI is InChI=1S/C20H22N6OS/c1-13-19(28-14(2)24-13)20(27)26-9-3-4-15(12-26)17-6-5-16(10-23-17)25-18-11-21-7-8-22-18/h5-8,10-11,15H,3-4,9,12H2,1-2H3,(H,22,25). The van der Waals surface area contributed by atoms with Crippen LogP contribution in [-0.2, 0) is 0 Å². The van der Waals surface area contributed by atoms with Crippen LogP contribution >= 0.6 is 11.3 Å². The number of nitrogens with one attached hydrogen (secondary N) is 1. The van der Waals surface area contributed by atoms with Crippen LogP contribution in [0.2, 0.25) is 0 Å². The molecule has 0 spiro atoms. The third-order valence-corrected chi connectivity index (χ3v) is 5.91. The molecule has 1 saturated heterocycles. The van der Waals surface area contributed by atoms with Crippen molar-refractivity contribution >= 4 is 28.7 Å².